The number of ketones is 1. The molecule has 8 heteroatoms. The van der Waals surface area contributed by atoms with Crippen LogP contribution in [-0.2, 0) is 0 Å². The van der Waals surface area contributed by atoms with Crippen LogP contribution in [0.4, 0.5) is 10.5 Å². The van der Waals surface area contributed by atoms with Gasteiger partial charge in [-0.25, -0.2) is 0 Å². The number of benzene rings is 3. The number of para-hydroxylation sites is 1. The van der Waals surface area contributed by atoms with Crippen LogP contribution < -0.4 is 19.5 Å². The Morgan fingerprint density at radius 1 is 0.844 bits per heavy atom. The van der Waals surface area contributed by atoms with E-state index in [-0.39, 0.29) is 5.71 Å². The number of ether oxygens (including phenoxy) is 2. The lowest BCUT2D eigenvalue weighted by atomic mass is 10.00. The molecule has 0 spiro atoms. The highest BCUT2D eigenvalue weighted by Crippen LogP contribution is 2.21. The molecule has 32 heavy (non-hydrogen) atoms. The monoisotopic (exact) mass is 429 g/mol. The van der Waals surface area contributed by atoms with Gasteiger partial charge < -0.3 is 14.6 Å². The summed E-state index contributed by atoms with van der Waals surface area (Å²) < 4.78 is 11.2. The largest absolute Gasteiger partial charge is 0.824 e. The van der Waals surface area contributed by atoms with E-state index in [4.69, 9.17) is 9.47 Å². The lowest BCUT2D eigenvalue weighted by Crippen LogP contribution is -2.41. The third-order valence-corrected chi connectivity index (χ3v) is 4.91. The topological polar surface area (TPSA) is 94.3 Å². The molecule has 0 aliphatic carbocycles. The molecule has 1 heterocycles. The fraction of sp³-hybridized carbons (Fsp3) is 0.0833. The molecule has 1 aliphatic rings. The first-order chi connectivity index (χ1) is 15.5. The number of Topliss-reactive ketones (excluding diaryl/α,β-unsaturated/α-hetero) is 1. The maximum Gasteiger partial charge on any atom is 0.530 e. The van der Waals surface area contributed by atoms with Crippen molar-refractivity contribution in [1.82, 2.24) is 0 Å². The van der Waals surface area contributed by atoms with Gasteiger partial charge in [0.1, 0.15) is 17.2 Å². The molecule has 0 bridgehead atoms. The predicted molar refractivity (Wildman–Crippen MR) is 116 cm³/mol. The van der Waals surface area contributed by atoms with Crippen molar-refractivity contribution >= 4 is 29.2 Å². The Morgan fingerprint density at radius 3 is 1.91 bits per heavy atom. The minimum atomic E-state index is -0.783. The standard InChI is InChI=1S/C24H19N3O5/c1-31-19-12-8-16(9-13-19)21(22(28)17-10-14-20(32-2)15-11-17)27-24(30)26(23(29)25-27)18-6-4-3-5-7-18/h3-15H,1-2H3. The van der Waals surface area contributed by atoms with Crippen molar-refractivity contribution in [2.75, 3.05) is 19.1 Å². The highest BCUT2D eigenvalue weighted by Gasteiger charge is 2.41. The molecule has 3 aromatic rings. The van der Waals surface area contributed by atoms with Crippen LogP contribution in [0.15, 0.2) is 84.0 Å². The summed E-state index contributed by atoms with van der Waals surface area (Å²) in [6, 6.07) is 19.9. The minimum Gasteiger partial charge on any atom is -0.824 e. The van der Waals surface area contributed by atoms with Gasteiger partial charge in [-0.15, -0.1) is 4.90 Å². The van der Waals surface area contributed by atoms with Crippen molar-refractivity contribution in [3.05, 3.63) is 90.0 Å². The second kappa shape index (κ2) is 8.73. The van der Waals surface area contributed by atoms with E-state index < -0.39 is 17.8 Å². The molecule has 0 saturated heterocycles. The second-order valence-electron chi connectivity index (χ2n) is 6.78. The van der Waals surface area contributed by atoms with Crippen molar-refractivity contribution in [3.8, 4) is 11.5 Å². The van der Waals surface area contributed by atoms with Crippen LogP contribution in [-0.4, -0.2) is 42.5 Å². The third-order valence-electron chi connectivity index (χ3n) is 4.91. The van der Waals surface area contributed by atoms with E-state index in [2.05, 4.69) is 5.10 Å². The van der Waals surface area contributed by atoms with Gasteiger partial charge in [0, 0.05) is 11.1 Å². The number of methoxy groups -OCH3 is 2. The number of amidine groups is 1. The molecule has 0 saturated carbocycles. The Hall–Kier alpha value is -4.46. The second-order valence-corrected chi connectivity index (χ2v) is 6.78. The van der Waals surface area contributed by atoms with Crippen molar-refractivity contribution in [3.63, 3.8) is 0 Å². The summed E-state index contributed by atoms with van der Waals surface area (Å²) >= 11 is 0. The highest BCUT2D eigenvalue weighted by molar-refractivity contribution is 6.50. The minimum absolute atomic E-state index is 0.0467. The molecule has 0 aromatic heterocycles. The fourth-order valence-corrected chi connectivity index (χ4v) is 3.27. The molecule has 2 amide bonds. The average molecular weight is 429 g/mol. The van der Waals surface area contributed by atoms with E-state index in [1.54, 1.807) is 78.9 Å². The van der Waals surface area contributed by atoms with Crippen LogP contribution in [0, 0.1) is 0 Å². The maximum absolute atomic E-state index is 13.5. The summed E-state index contributed by atoms with van der Waals surface area (Å²) in [5.74, 6) is 0.689. The molecular formula is C24H19N3O5. The van der Waals surface area contributed by atoms with Crippen molar-refractivity contribution in [2.24, 2.45) is 5.10 Å². The summed E-state index contributed by atoms with van der Waals surface area (Å²) in [5.41, 5.74) is 1.03. The van der Waals surface area contributed by atoms with Crippen LogP contribution >= 0.6 is 0 Å². The first-order valence-electron chi connectivity index (χ1n) is 9.68. The smallest absolute Gasteiger partial charge is 0.530 e. The number of hydrogen-bond acceptors (Lipinski definition) is 6. The molecule has 1 aliphatic heterocycles. The Labute approximate surface area is 184 Å². The highest BCUT2D eigenvalue weighted by atomic mass is 16.5. The molecule has 160 valence electrons. The van der Waals surface area contributed by atoms with E-state index in [9.17, 15) is 14.7 Å². The molecule has 0 atom stereocenters. The number of carbonyl (C=O) groups is 2. The quantitative estimate of drug-likeness (QED) is 0.444. The van der Waals surface area contributed by atoms with Crippen molar-refractivity contribution in [2.45, 2.75) is 0 Å². The molecular weight excluding hydrogens is 410 g/mol. The molecule has 3 aromatic carbocycles. The van der Waals surface area contributed by atoms with Crippen LogP contribution in [0.25, 0.3) is 0 Å². The molecule has 8 nitrogen and oxygen atoms in total. The van der Waals surface area contributed by atoms with Gasteiger partial charge in [0.15, 0.2) is 0 Å². The van der Waals surface area contributed by atoms with E-state index >= 15 is 0 Å². The van der Waals surface area contributed by atoms with Crippen LogP contribution in [0.3, 0.4) is 0 Å². The van der Waals surface area contributed by atoms with Gasteiger partial charge in [0.25, 0.3) is 0 Å². The first-order valence-corrected chi connectivity index (χ1v) is 9.68. The first kappa shape index (κ1) is 20.8. The average Bonchev–Trinajstić information content (AvgIpc) is 3.13. The van der Waals surface area contributed by atoms with E-state index in [0.29, 0.717) is 28.3 Å². The molecule has 0 fully saturated rings. The number of rotatable bonds is 6. The zero-order valence-corrected chi connectivity index (χ0v) is 17.4. The van der Waals surface area contributed by atoms with Crippen LogP contribution in [0.2, 0.25) is 0 Å². The molecule has 4 rings (SSSR count). The van der Waals surface area contributed by atoms with Crippen molar-refractivity contribution in [1.29, 1.82) is 0 Å². The Morgan fingerprint density at radius 2 is 1.38 bits per heavy atom. The summed E-state index contributed by atoms with van der Waals surface area (Å²) in [7, 11) is 3.05. The van der Waals surface area contributed by atoms with E-state index in [0.717, 1.165) is 9.58 Å². The zero-order chi connectivity index (χ0) is 22.7. The third kappa shape index (κ3) is 3.81. The number of carbonyl (C=O) groups excluding carboxylic acids is 2. The number of hydrogen-bond donors (Lipinski definition) is 0. The van der Waals surface area contributed by atoms with Gasteiger partial charge in [-0.05, 0) is 65.8 Å². The predicted octanol–water partition coefficient (Wildman–Crippen LogP) is 2.66. The lowest BCUT2D eigenvalue weighted by Gasteiger charge is -2.11. The number of amides is 2. The summed E-state index contributed by atoms with van der Waals surface area (Å²) in [5, 5.41) is 16.5. The van der Waals surface area contributed by atoms with Gasteiger partial charge in [0.05, 0.1) is 14.2 Å². The molecule has 0 radical (unpaired) electrons. The van der Waals surface area contributed by atoms with E-state index in [1.807, 2.05) is 0 Å². The van der Waals surface area contributed by atoms with Gasteiger partial charge >= 0.3 is 6.03 Å². The van der Waals surface area contributed by atoms with Crippen LogP contribution in [0.1, 0.15) is 15.9 Å². The number of anilines is 1. The number of hydrazone groups is 1. The van der Waals surface area contributed by atoms with Gasteiger partial charge in [0.2, 0.25) is 17.5 Å². The lowest BCUT2D eigenvalue weighted by molar-refractivity contribution is -0.426. The normalized spacial score (nSPS) is 14.8. The zero-order valence-electron chi connectivity index (χ0n) is 17.4. The SMILES string of the molecule is COc1ccc(C(=O)/C(c2ccc(OC)cc2)=[N+]2\N=C([O-])N(c3ccccc3)C2=O)cc1. The van der Waals surface area contributed by atoms with Crippen LogP contribution in [0.5, 0.6) is 11.5 Å². The summed E-state index contributed by atoms with van der Waals surface area (Å²) in [4.78, 5) is 27.6. The summed E-state index contributed by atoms with van der Waals surface area (Å²) in [6.07, 6.45) is 0. The maximum atomic E-state index is 13.5. The molecule has 0 N–H and O–H groups in total. The summed E-state index contributed by atoms with van der Waals surface area (Å²) in [6.45, 7) is 0. The Balaban J connectivity index is 1.85. The van der Waals surface area contributed by atoms with Gasteiger partial charge in [-0.1, -0.05) is 22.9 Å². The Bertz CT molecular complexity index is 1220. The van der Waals surface area contributed by atoms with E-state index in [1.165, 1.54) is 14.2 Å². The molecule has 0 unspecified atom stereocenters. The van der Waals surface area contributed by atoms with Gasteiger partial charge in [-0.2, -0.15) is 4.79 Å². The number of urea groups is 1. The number of nitrogens with zero attached hydrogens (tertiary/aromatic N) is 3. The van der Waals surface area contributed by atoms with Gasteiger partial charge in [-0.3, -0.25) is 4.79 Å². The Kier molecular flexibility index (Phi) is 5.67. The fourth-order valence-electron chi connectivity index (χ4n) is 3.27. The van der Waals surface area contributed by atoms with Crippen molar-refractivity contribution < 1.29 is 28.9 Å².